The average Bonchev–Trinajstić information content (AvgIpc) is 3.07. The van der Waals surface area contributed by atoms with Crippen molar-refractivity contribution in [3.63, 3.8) is 0 Å². The molecule has 9 nitrogen and oxygen atoms in total. The molecule has 1 aliphatic carbocycles. The zero-order valence-corrected chi connectivity index (χ0v) is 11.6. The van der Waals surface area contributed by atoms with Crippen LogP contribution in [0.5, 0.6) is 0 Å². The molecule has 0 radical (unpaired) electrons. The van der Waals surface area contributed by atoms with E-state index in [2.05, 4.69) is 25.3 Å². The molecule has 1 saturated carbocycles. The van der Waals surface area contributed by atoms with Crippen molar-refractivity contribution in [3.8, 4) is 5.95 Å². The lowest BCUT2D eigenvalue weighted by Gasteiger charge is -2.17. The highest BCUT2D eigenvalue weighted by atomic mass is 16.2. The first-order valence-electron chi connectivity index (χ1n) is 6.62. The molecule has 0 bridgehead atoms. The molecule has 1 fully saturated rings. The van der Waals surface area contributed by atoms with Crippen LogP contribution in [0.25, 0.3) is 5.95 Å². The molecule has 3 rings (SSSR count). The summed E-state index contributed by atoms with van der Waals surface area (Å²) in [5.74, 6) is 0.753. The Kier molecular flexibility index (Phi) is 3.38. The number of rotatable bonds is 5. The van der Waals surface area contributed by atoms with Crippen molar-refractivity contribution in [2.45, 2.75) is 18.9 Å². The molecule has 2 aromatic heterocycles. The molecular weight excluding hydrogens is 272 g/mol. The van der Waals surface area contributed by atoms with E-state index in [1.54, 1.807) is 35.2 Å². The van der Waals surface area contributed by atoms with Gasteiger partial charge in [-0.1, -0.05) is 0 Å². The summed E-state index contributed by atoms with van der Waals surface area (Å²) in [7, 11) is 1.74. The summed E-state index contributed by atoms with van der Waals surface area (Å²) in [5, 5.41) is 2.91. The summed E-state index contributed by atoms with van der Waals surface area (Å²) in [6, 6.07) is 0.329. The van der Waals surface area contributed by atoms with Crippen LogP contribution in [-0.2, 0) is 4.79 Å². The predicted octanol–water partition coefficient (Wildman–Crippen LogP) is -0.646. The van der Waals surface area contributed by atoms with Crippen LogP contribution in [0.1, 0.15) is 12.8 Å². The van der Waals surface area contributed by atoms with Crippen molar-refractivity contribution in [3.05, 3.63) is 18.7 Å². The Morgan fingerprint density at radius 2 is 2.29 bits per heavy atom. The lowest BCUT2D eigenvalue weighted by Crippen LogP contribution is -2.37. The maximum atomic E-state index is 11.8. The maximum Gasteiger partial charge on any atom is 0.241 e. The number of amides is 1. The first kappa shape index (κ1) is 13.3. The second-order valence-electron chi connectivity index (χ2n) is 4.96. The zero-order valence-electron chi connectivity index (χ0n) is 11.6. The van der Waals surface area contributed by atoms with Gasteiger partial charge in [-0.05, 0) is 12.8 Å². The van der Waals surface area contributed by atoms with E-state index in [-0.39, 0.29) is 18.4 Å². The van der Waals surface area contributed by atoms with Gasteiger partial charge in [-0.3, -0.25) is 9.36 Å². The molecule has 0 aliphatic heterocycles. The number of likely N-dealkylation sites (N-methyl/N-ethyl adjacent to an activating group) is 1. The van der Waals surface area contributed by atoms with Crippen LogP contribution in [-0.4, -0.2) is 50.0 Å². The summed E-state index contributed by atoms with van der Waals surface area (Å²) < 4.78 is 1.62. The third-order valence-corrected chi connectivity index (χ3v) is 3.03. The minimum atomic E-state index is -0.0526. The molecular formula is C12H16N8O. The Morgan fingerprint density at radius 1 is 1.48 bits per heavy atom. The SMILES string of the molecule is CN(CC(=O)NC1CC1)c1nc(N)nc(-n2ccnc2)n1. The van der Waals surface area contributed by atoms with Crippen molar-refractivity contribution >= 4 is 17.8 Å². The van der Waals surface area contributed by atoms with Gasteiger partial charge >= 0.3 is 0 Å². The quantitative estimate of drug-likeness (QED) is 0.751. The smallest absolute Gasteiger partial charge is 0.241 e. The Hall–Kier alpha value is -2.71. The molecule has 0 spiro atoms. The lowest BCUT2D eigenvalue weighted by molar-refractivity contribution is -0.119. The van der Waals surface area contributed by atoms with Crippen LogP contribution in [0.15, 0.2) is 18.7 Å². The van der Waals surface area contributed by atoms with E-state index >= 15 is 0 Å². The fourth-order valence-electron chi connectivity index (χ4n) is 1.82. The molecule has 9 heteroatoms. The number of nitrogens with one attached hydrogen (secondary N) is 1. The van der Waals surface area contributed by atoms with E-state index < -0.39 is 0 Å². The number of carbonyl (C=O) groups excluding carboxylic acids is 1. The van der Waals surface area contributed by atoms with Gasteiger partial charge in [0.2, 0.25) is 23.8 Å². The van der Waals surface area contributed by atoms with Crippen LogP contribution in [0.3, 0.4) is 0 Å². The van der Waals surface area contributed by atoms with Crippen LogP contribution >= 0.6 is 0 Å². The van der Waals surface area contributed by atoms with Crippen LogP contribution in [0.4, 0.5) is 11.9 Å². The Morgan fingerprint density at radius 3 is 2.95 bits per heavy atom. The molecule has 0 saturated heterocycles. The van der Waals surface area contributed by atoms with Crippen molar-refractivity contribution in [1.82, 2.24) is 29.8 Å². The number of imidazole rings is 1. The summed E-state index contributed by atoms with van der Waals surface area (Å²) in [4.78, 5) is 29.8. The monoisotopic (exact) mass is 288 g/mol. The highest BCUT2D eigenvalue weighted by Crippen LogP contribution is 2.18. The molecule has 21 heavy (non-hydrogen) atoms. The van der Waals surface area contributed by atoms with Gasteiger partial charge in [0, 0.05) is 25.5 Å². The molecule has 2 aromatic rings. The van der Waals surface area contributed by atoms with E-state index in [4.69, 9.17) is 5.73 Å². The topological polar surface area (TPSA) is 115 Å². The molecule has 0 aromatic carbocycles. The number of nitrogens with zero attached hydrogens (tertiary/aromatic N) is 6. The summed E-state index contributed by atoms with van der Waals surface area (Å²) >= 11 is 0. The van der Waals surface area contributed by atoms with Gasteiger partial charge in [-0.2, -0.15) is 15.0 Å². The van der Waals surface area contributed by atoms with Gasteiger partial charge in [0.1, 0.15) is 6.33 Å². The minimum absolute atomic E-state index is 0.0526. The number of anilines is 2. The van der Waals surface area contributed by atoms with E-state index in [0.29, 0.717) is 17.9 Å². The summed E-state index contributed by atoms with van der Waals surface area (Å²) in [6.45, 7) is 0.170. The number of hydrogen-bond acceptors (Lipinski definition) is 7. The summed E-state index contributed by atoms with van der Waals surface area (Å²) in [5.41, 5.74) is 5.70. The predicted molar refractivity (Wildman–Crippen MR) is 75.8 cm³/mol. The normalized spacial score (nSPS) is 14.0. The molecule has 2 heterocycles. The van der Waals surface area contributed by atoms with Gasteiger partial charge in [-0.15, -0.1) is 0 Å². The number of nitrogen functional groups attached to an aromatic ring is 1. The van der Waals surface area contributed by atoms with E-state index in [9.17, 15) is 4.79 Å². The van der Waals surface area contributed by atoms with Crippen LogP contribution in [0.2, 0.25) is 0 Å². The van der Waals surface area contributed by atoms with Gasteiger partial charge in [0.05, 0.1) is 6.54 Å². The van der Waals surface area contributed by atoms with Crippen molar-refractivity contribution in [1.29, 1.82) is 0 Å². The molecule has 110 valence electrons. The third kappa shape index (κ3) is 3.25. The first-order chi connectivity index (χ1) is 10.1. The second-order valence-corrected chi connectivity index (χ2v) is 4.96. The minimum Gasteiger partial charge on any atom is -0.368 e. The van der Waals surface area contributed by atoms with Gasteiger partial charge in [-0.25, -0.2) is 4.98 Å². The van der Waals surface area contributed by atoms with E-state index in [0.717, 1.165) is 12.8 Å². The molecule has 1 amide bonds. The second kappa shape index (κ2) is 5.35. The maximum absolute atomic E-state index is 11.8. The fourth-order valence-corrected chi connectivity index (χ4v) is 1.82. The molecule has 0 unspecified atom stereocenters. The molecule has 3 N–H and O–H groups in total. The Labute approximate surface area is 121 Å². The third-order valence-electron chi connectivity index (χ3n) is 3.03. The Bertz CT molecular complexity index is 637. The highest BCUT2D eigenvalue weighted by Gasteiger charge is 2.24. The number of carbonyl (C=O) groups is 1. The summed E-state index contributed by atoms with van der Waals surface area (Å²) in [6.07, 6.45) is 7.00. The average molecular weight is 288 g/mol. The largest absolute Gasteiger partial charge is 0.368 e. The number of hydrogen-bond donors (Lipinski definition) is 2. The van der Waals surface area contributed by atoms with Crippen molar-refractivity contribution in [2.24, 2.45) is 0 Å². The van der Waals surface area contributed by atoms with Crippen LogP contribution in [0, 0.1) is 0 Å². The first-order valence-corrected chi connectivity index (χ1v) is 6.62. The van der Waals surface area contributed by atoms with Crippen molar-refractivity contribution in [2.75, 3.05) is 24.2 Å². The number of aromatic nitrogens is 5. The van der Waals surface area contributed by atoms with E-state index in [1.165, 1.54) is 0 Å². The standard InChI is InChI=1S/C12H16N8O/c1-19(6-9(21)15-8-2-3-8)11-16-10(13)17-12(18-11)20-5-4-14-7-20/h4-5,7-8H,2-3,6H2,1H3,(H,15,21)(H2,13,16,17,18). The van der Waals surface area contributed by atoms with Crippen molar-refractivity contribution < 1.29 is 4.79 Å². The lowest BCUT2D eigenvalue weighted by atomic mass is 10.5. The van der Waals surface area contributed by atoms with Gasteiger partial charge < -0.3 is 16.0 Å². The van der Waals surface area contributed by atoms with E-state index in [1.807, 2.05) is 0 Å². The molecule has 1 aliphatic rings. The highest BCUT2D eigenvalue weighted by molar-refractivity contribution is 5.81. The Balaban J connectivity index is 1.75. The van der Waals surface area contributed by atoms with Crippen LogP contribution < -0.4 is 16.0 Å². The molecule has 0 atom stereocenters. The van der Waals surface area contributed by atoms with Gasteiger partial charge in [0.15, 0.2) is 0 Å². The van der Waals surface area contributed by atoms with Gasteiger partial charge in [0.25, 0.3) is 0 Å². The zero-order chi connectivity index (χ0) is 14.8. The number of nitrogens with two attached hydrogens (primary N) is 1. The fraction of sp³-hybridized carbons (Fsp3) is 0.417.